The highest BCUT2D eigenvalue weighted by Gasteiger charge is 2.20. The minimum atomic E-state index is -0.450. The maximum atomic E-state index is 12.3. The van der Waals surface area contributed by atoms with Gasteiger partial charge in [-0.05, 0) is 61.4 Å². The number of phenolic OH excluding ortho intramolecular Hbond substituents is 2. The largest absolute Gasteiger partial charge is 1.00 e. The third-order valence-corrected chi connectivity index (χ3v) is 8.92. The van der Waals surface area contributed by atoms with E-state index in [2.05, 4.69) is 55.2 Å². The van der Waals surface area contributed by atoms with Gasteiger partial charge in [-0.25, -0.2) is 27.9 Å². The van der Waals surface area contributed by atoms with Crippen molar-refractivity contribution in [1.29, 1.82) is 0 Å². The summed E-state index contributed by atoms with van der Waals surface area (Å²) in [5, 5.41) is 21.4. The van der Waals surface area contributed by atoms with Gasteiger partial charge in [0, 0.05) is 46.2 Å². The van der Waals surface area contributed by atoms with E-state index in [0.717, 1.165) is 69.9 Å². The average Bonchev–Trinajstić information content (AvgIpc) is 3.60. The van der Waals surface area contributed by atoms with Crippen LogP contribution in [0.3, 0.4) is 0 Å². The standard InChI is InChI=1S/C38H30N4O6.2ClH/c43-27-11-13-29-25(17-37(45)47-35(29)19-27)21-41-23-39(31-7-1-3-9-33(31)41)15-5-6-16-40-24-42(34-10-4-2-8-32(34)40)22-26-18-38(46)48-36-20-28(44)12-14-30(26)36;;/h1-4,7-14,17-20,23-24H,5-6,15-16,21-22H2;2*1H. The molecule has 4 aromatic heterocycles. The number of aromatic nitrogens is 4. The number of phenols is 2. The number of rotatable bonds is 9. The first-order chi connectivity index (χ1) is 23.4. The Balaban J connectivity index is 0.00000216. The summed E-state index contributed by atoms with van der Waals surface area (Å²) in [5.41, 5.74) is 5.82. The van der Waals surface area contributed by atoms with E-state index < -0.39 is 11.3 Å². The SMILES string of the molecule is O=c1cc(C[n+]2cn(CCCCn3c[n+](Cc4cc(=O)oc5cc(O)ccc45)c4ccccc43)c3ccccc32)c2ccc(O)cc2o1.[Cl-].[Cl-]. The minimum Gasteiger partial charge on any atom is -1.00 e. The van der Waals surface area contributed by atoms with Gasteiger partial charge in [-0.1, -0.05) is 24.3 Å². The number of benzene rings is 4. The molecule has 254 valence electrons. The number of hydrogen-bond donors (Lipinski definition) is 2. The van der Waals surface area contributed by atoms with Gasteiger partial charge in [0.05, 0.1) is 13.1 Å². The van der Waals surface area contributed by atoms with Gasteiger partial charge >= 0.3 is 11.3 Å². The third kappa shape index (κ3) is 6.55. The molecule has 0 radical (unpaired) electrons. The van der Waals surface area contributed by atoms with Crippen LogP contribution in [-0.4, -0.2) is 19.3 Å². The highest BCUT2D eigenvalue weighted by molar-refractivity contribution is 5.82. The minimum absolute atomic E-state index is 0. The summed E-state index contributed by atoms with van der Waals surface area (Å²) >= 11 is 0. The van der Waals surface area contributed by atoms with Crippen molar-refractivity contribution >= 4 is 44.0 Å². The molecule has 0 fully saturated rings. The monoisotopic (exact) mass is 710 g/mol. The van der Waals surface area contributed by atoms with Crippen molar-refractivity contribution in [2.45, 2.75) is 39.0 Å². The van der Waals surface area contributed by atoms with E-state index in [9.17, 15) is 19.8 Å². The molecule has 0 bridgehead atoms. The van der Waals surface area contributed by atoms with Gasteiger partial charge in [-0.3, -0.25) is 0 Å². The molecule has 0 atom stereocenters. The third-order valence-electron chi connectivity index (χ3n) is 8.92. The molecular formula is C38H32Cl2N4O6. The molecule has 0 amide bonds. The van der Waals surface area contributed by atoms with Gasteiger partial charge in [-0.2, -0.15) is 0 Å². The van der Waals surface area contributed by atoms with Crippen LogP contribution in [0, 0.1) is 0 Å². The van der Waals surface area contributed by atoms with Crippen LogP contribution in [0.2, 0.25) is 0 Å². The number of para-hydroxylation sites is 4. The Hall–Kier alpha value is -5.58. The number of nitrogens with zero attached hydrogens (tertiary/aromatic N) is 4. The summed E-state index contributed by atoms with van der Waals surface area (Å²) in [6, 6.07) is 29.2. The Labute approximate surface area is 297 Å². The molecule has 0 spiro atoms. The first-order valence-electron chi connectivity index (χ1n) is 15.9. The molecule has 4 heterocycles. The predicted molar refractivity (Wildman–Crippen MR) is 180 cm³/mol. The lowest BCUT2D eigenvalue weighted by Crippen LogP contribution is -3.00. The molecule has 0 unspecified atom stereocenters. The molecular weight excluding hydrogens is 679 g/mol. The second kappa shape index (κ2) is 14.1. The summed E-state index contributed by atoms with van der Waals surface area (Å²) in [4.78, 5) is 24.7. The lowest BCUT2D eigenvalue weighted by Gasteiger charge is -2.04. The number of fused-ring (bicyclic) bond motifs is 4. The fourth-order valence-electron chi connectivity index (χ4n) is 6.72. The molecule has 0 saturated carbocycles. The molecule has 12 heteroatoms. The van der Waals surface area contributed by atoms with Crippen LogP contribution in [0.25, 0.3) is 44.0 Å². The number of aromatic hydroxyl groups is 2. The second-order valence-electron chi connectivity index (χ2n) is 12.1. The van der Waals surface area contributed by atoms with Crippen molar-refractivity contribution in [1.82, 2.24) is 9.13 Å². The van der Waals surface area contributed by atoms with Gasteiger partial charge in [0.15, 0.2) is 22.1 Å². The molecule has 0 aliphatic heterocycles. The van der Waals surface area contributed by atoms with E-state index in [1.807, 2.05) is 24.3 Å². The Morgan fingerprint density at radius 3 is 1.42 bits per heavy atom. The molecule has 0 aliphatic rings. The van der Waals surface area contributed by atoms with Crippen molar-refractivity contribution in [3.05, 3.63) is 142 Å². The Kier molecular flexibility index (Phi) is 9.67. The summed E-state index contributed by atoms with van der Waals surface area (Å²) in [6.45, 7) is 2.60. The summed E-state index contributed by atoms with van der Waals surface area (Å²) in [6.07, 6.45) is 6.09. The smallest absolute Gasteiger partial charge is 0.336 e. The number of aryl methyl sites for hydroxylation is 2. The van der Waals surface area contributed by atoms with Crippen LogP contribution < -0.4 is 45.2 Å². The lowest BCUT2D eigenvalue weighted by molar-refractivity contribution is -0.663. The van der Waals surface area contributed by atoms with Gasteiger partial charge in [0.2, 0.25) is 12.7 Å². The molecule has 2 N–H and O–H groups in total. The predicted octanol–water partition coefficient (Wildman–Crippen LogP) is -0.620. The van der Waals surface area contributed by atoms with Crippen LogP contribution >= 0.6 is 0 Å². The highest BCUT2D eigenvalue weighted by atomic mass is 35.5. The van der Waals surface area contributed by atoms with E-state index in [1.54, 1.807) is 24.3 Å². The quantitative estimate of drug-likeness (QED) is 0.117. The van der Waals surface area contributed by atoms with Crippen LogP contribution in [-0.2, 0) is 26.2 Å². The van der Waals surface area contributed by atoms with Gasteiger partial charge in [-0.15, -0.1) is 0 Å². The van der Waals surface area contributed by atoms with E-state index >= 15 is 0 Å². The Morgan fingerprint density at radius 1 is 0.560 bits per heavy atom. The number of imidazole rings is 2. The van der Waals surface area contributed by atoms with Crippen molar-refractivity contribution in [3.63, 3.8) is 0 Å². The fraction of sp³-hybridized carbons (Fsp3) is 0.158. The topological polar surface area (TPSA) is 119 Å². The molecule has 4 aromatic carbocycles. The maximum Gasteiger partial charge on any atom is 0.336 e. The molecule has 10 nitrogen and oxygen atoms in total. The van der Waals surface area contributed by atoms with E-state index in [1.165, 1.54) is 24.3 Å². The first-order valence-corrected chi connectivity index (χ1v) is 15.9. The lowest BCUT2D eigenvalue weighted by atomic mass is 10.1. The van der Waals surface area contributed by atoms with Crippen molar-refractivity contribution in [2.75, 3.05) is 0 Å². The summed E-state index contributed by atoms with van der Waals surface area (Å²) in [5.74, 6) is 0.103. The van der Waals surface area contributed by atoms with Crippen molar-refractivity contribution in [3.8, 4) is 11.5 Å². The average molecular weight is 712 g/mol. The zero-order valence-corrected chi connectivity index (χ0v) is 28.2. The van der Waals surface area contributed by atoms with Gasteiger partial charge in [0.1, 0.15) is 35.8 Å². The number of halogens is 2. The Morgan fingerprint density at radius 2 is 0.980 bits per heavy atom. The van der Waals surface area contributed by atoms with E-state index in [-0.39, 0.29) is 36.3 Å². The fourth-order valence-corrected chi connectivity index (χ4v) is 6.72. The summed E-state index contributed by atoms with van der Waals surface area (Å²) < 4.78 is 19.5. The van der Waals surface area contributed by atoms with Crippen LogP contribution in [0.15, 0.2) is 128 Å². The zero-order valence-electron chi connectivity index (χ0n) is 26.7. The van der Waals surface area contributed by atoms with E-state index in [4.69, 9.17) is 8.83 Å². The van der Waals surface area contributed by atoms with Gasteiger partial charge in [0.25, 0.3) is 0 Å². The maximum absolute atomic E-state index is 12.3. The zero-order chi connectivity index (χ0) is 32.8. The number of hydrogen-bond acceptors (Lipinski definition) is 6. The second-order valence-corrected chi connectivity index (χ2v) is 12.1. The summed E-state index contributed by atoms with van der Waals surface area (Å²) in [7, 11) is 0. The molecule has 8 rings (SSSR count). The van der Waals surface area contributed by atoms with Crippen LogP contribution in [0.4, 0.5) is 0 Å². The molecule has 8 aromatic rings. The van der Waals surface area contributed by atoms with Crippen LogP contribution in [0.1, 0.15) is 24.0 Å². The van der Waals surface area contributed by atoms with E-state index in [0.29, 0.717) is 24.3 Å². The molecule has 50 heavy (non-hydrogen) atoms. The van der Waals surface area contributed by atoms with Crippen LogP contribution in [0.5, 0.6) is 11.5 Å². The first kappa shape index (κ1) is 34.3. The molecule has 0 saturated heterocycles. The normalized spacial score (nSPS) is 11.3. The molecule has 0 aliphatic carbocycles. The Bertz CT molecular complexity index is 2440. The number of unbranched alkanes of at least 4 members (excludes halogenated alkanes) is 1. The highest BCUT2D eigenvalue weighted by Crippen LogP contribution is 2.24. The van der Waals surface area contributed by atoms with Gasteiger partial charge < -0.3 is 43.9 Å². The van der Waals surface area contributed by atoms with Crippen molar-refractivity contribution in [2.24, 2.45) is 0 Å². The van der Waals surface area contributed by atoms with Crippen molar-refractivity contribution < 1.29 is 53.0 Å².